The average Bonchev–Trinajstić information content (AvgIpc) is 3.06. The van der Waals surface area contributed by atoms with Gasteiger partial charge in [0.1, 0.15) is 24.0 Å². The molecule has 0 bridgehead atoms. The van der Waals surface area contributed by atoms with E-state index in [-0.39, 0.29) is 16.8 Å². The monoisotopic (exact) mass is 421 g/mol. The molecular formula is C18H17F2N5O5. The number of alkyl halides is 2. The summed E-state index contributed by atoms with van der Waals surface area (Å²) in [4.78, 5) is 40.8. The molecule has 1 aromatic carbocycles. The molecule has 0 saturated carbocycles. The number of benzene rings is 1. The van der Waals surface area contributed by atoms with Crippen LogP contribution in [0.15, 0.2) is 41.6 Å². The molecule has 1 N–H and O–H groups in total. The minimum atomic E-state index is -3.07. The Morgan fingerprint density at radius 3 is 2.73 bits per heavy atom. The largest absolute Gasteiger partial charge is 0.451 e. The maximum atomic E-state index is 12.5. The molecule has 158 valence electrons. The molecule has 1 atom stereocenters. The molecule has 10 nitrogen and oxygen atoms in total. The van der Waals surface area contributed by atoms with Crippen molar-refractivity contribution in [2.24, 2.45) is 7.05 Å². The summed E-state index contributed by atoms with van der Waals surface area (Å²) in [6, 6.07) is 5.59. The van der Waals surface area contributed by atoms with Crippen LogP contribution in [0.2, 0.25) is 0 Å². The highest BCUT2D eigenvalue weighted by molar-refractivity contribution is 5.96. The fourth-order valence-corrected chi connectivity index (χ4v) is 2.61. The summed E-state index contributed by atoms with van der Waals surface area (Å²) in [6.07, 6.45) is 1.25. The smallest absolute Gasteiger partial charge is 0.387 e. The third kappa shape index (κ3) is 4.59. The molecule has 1 amide bonds. The van der Waals surface area contributed by atoms with Crippen molar-refractivity contribution >= 4 is 28.6 Å². The average molecular weight is 421 g/mol. The second-order valence-electron chi connectivity index (χ2n) is 6.18. The summed E-state index contributed by atoms with van der Waals surface area (Å²) in [5.74, 6) is -1.86. The first-order valence-electron chi connectivity index (χ1n) is 8.67. The Morgan fingerprint density at radius 1 is 1.27 bits per heavy atom. The Labute approximate surface area is 168 Å². The molecule has 12 heteroatoms. The summed E-state index contributed by atoms with van der Waals surface area (Å²) < 4.78 is 36.7. The minimum absolute atomic E-state index is 0.00634. The lowest BCUT2D eigenvalue weighted by molar-refractivity contribution is -0.153. The van der Waals surface area contributed by atoms with Crippen molar-refractivity contribution in [2.45, 2.75) is 26.2 Å². The van der Waals surface area contributed by atoms with Gasteiger partial charge in [-0.2, -0.15) is 13.9 Å². The highest BCUT2D eigenvalue weighted by Crippen LogP contribution is 2.25. The van der Waals surface area contributed by atoms with Crippen molar-refractivity contribution in [1.82, 2.24) is 19.3 Å². The Bertz CT molecular complexity index is 1140. The lowest BCUT2D eigenvalue weighted by Crippen LogP contribution is -2.33. The highest BCUT2D eigenvalue weighted by Gasteiger charge is 2.21. The molecule has 0 aliphatic rings. The van der Waals surface area contributed by atoms with E-state index < -0.39 is 36.7 Å². The van der Waals surface area contributed by atoms with E-state index in [0.717, 1.165) is 4.57 Å². The number of amides is 1. The van der Waals surface area contributed by atoms with E-state index in [1.807, 2.05) is 0 Å². The number of ether oxygens (including phenoxy) is 2. The molecule has 0 fully saturated rings. The van der Waals surface area contributed by atoms with Gasteiger partial charge in [-0.05, 0) is 19.1 Å². The van der Waals surface area contributed by atoms with Crippen LogP contribution in [0.25, 0.3) is 11.0 Å². The molecule has 0 saturated heterocycles. The van der Waals surface area contributed by atoms with E-state index in [4.69, 9.17) is 4.74 Å². The zero-order valence-corrected chi connectivity index (χ0v) is 15.9. The Hall–Kier alpha value is -3.83. The van der Waals surface area contributed by atoms with Crippen molar-refractivity contribution in [3.05, 3.63) is 47.1 Å². The van der Waals surface area contributed by atoms with Crippen LogP contribution < -0.4 is 15.6 Å². The molecule has 1 unspecified atom stereocenters. The van der Waals surface area contributed by atoms with Gasteiger partial charge in [-0.3, -0.25) is 23.6 Å². The van der Waals surface area contributed by atoms with Gasteiger partial charge in [0.15, 0.2) is 11.8 Å². The lowest BCUT2D eigenvalue weighted by atomic mass is 10.2. The molecule has 3 aromatic rings. The zero-order valence-electron chi connectivity index (χ0n) is 15.9. The number of anilines is 1. The lowest BCUT2D eigenvalue weighted by Gasteiger charge is -2.16. The van der Waals surface area contributed by atoms with Gasteiger partial charge < -0.3 is 14.8 Å². The molecule has 0 radical (unpaired) electrons. The van der Waals surface area contributed by atoms with Crippen LogP contribution in [-0.4, -0.2) is 43.9 Å². The number of fused-ring (bicyclic) bond motifs is 1. The second-order valence-corrected chi connectivity index (χ2v) is 6.18. The highest BCUT2D eigenvalue weighted by atomic mass is 19.3. The third-order valence-electron chi connectivity index (χ3n) is 4.06. The van der Waals surface area contributed by atoms with Gasteiger partial charge >= 0.3 is 12.6 Å². The van der Waals surface area contributed by atoms with Crippen molar-refractivity contribution in [2.75, 3.05) is 5.32 Å². The maximum absolute atomic E-state index is 12.5. The molecule has 30 heavy (non-hydrogen) atoms. The van der Waals surface area contributed by atoms with Crippen molar-refractivity contribution in [1.29, 1.82) is 0 Å². The van der Waals surface area contributed by atoms with Gasteiger partial charge in [0.25, 0.3) is 11.5 Å². The van der Waals surface area contributed by atoms with Gasteiger partial charge in [0, 0.05) is 7.05 Å². The Kier molecular flexibility index (Phi) is 6.04. The van der Waals surface area contributed by atoms with Gasteiger partial charge in [-0.15, -0.1) is 0 Å². The topological polar surface area (TPSA) is 117 Å². The number of para-hydroxylation sites is 2. The van der Waals surface area contributed by atoms with Crippen molar-refractivity contribution in [3.63, 3.8) is 0 Å². The van der Waals surface area contributed by atoms with Gasteiger partial charge in [-0.1, -0.05) is 12.1 Å². The fraction of sp³-hybridized carbons (Fsp3) is 0.278. The van der Waals surface area contributed by atoms with Crippen LogP contribution in [0.1, 0.15) is 6.92 Å². The summed E-state index contributed by atoms with van der Waals surface area (Å²) in [6.45, 7) is -2.24. The van der Waals surface area contributed by atoms with E-state index in [9.17, 15) is 23.2 Å². The predicted octanol–water partition coefficient (Wildman–Crippen LogP) is 1.30. The number of rotatable bonds is 7. The first-order chi connectivity index (χ1) is 14.3. The van der Waals surface area contributed by atoms with E-state index in [0.29, 0.717) is 5.65 Å². The Balaban J connectivity index is 1.64. The number of nitrogens with zero attached hydrogens (tertiary/aromatic N) is 4. The number of carbonyl (C=O) groups excluding carboxylic acids is 2. The summed E-state index contributed by atoms with van der Waals surface area (Å²) in [5.41, 5.74) is -0.129. The van der Waals surface area contributed by atoms with Crippen LogP contribution in [0.4, 0.5) is 14.5 Å². The third-order valence-corrected chi connectivity index (χ3v) is 4.06. The number of aromatic nitrogens is 4. The Morgan fingerprint density at radius 2 is 2.00 bits per heavy atom. The van der Waals surface area contributed by atoms with Crippen LogP contribution in [-0.2, 0) is 27.9 Å². The number of halogens is 2. The first-order valence-corrected chi connectivity index (χ1v) is 8.67. The quantitative estimate of drug-likeness (QED) is 0.572. The SMILES string of the molecule is CC(OC(=O)Cn1cnc2c(cnn2C)c1=O)C(=O)Nc1ccccc1OC(F)F. The van der Waals surface area contributed by atoms with Crippen LogP contribution in [0.3, 0.4) is 0 Å². The number of hydrogen-bond donors (Lipinski definition) is 1. The normalized spacial score (nSPS) is 12.0. The first kappa shape index (κ1) is 20.9. The number of aryl methyl sites for hydroxylation is 1. The number of carbonyl (C=O) groups is 2. The van der Waals surface area contributed by atoms with E-state index in [1.54, 1.807) is 7.05 Å². The van der Waals surface area contributed by atoms with Crippen molar-refractivity contribution < 1.29 is 27.8 Å². The molecular weight excluding hydrogens is 404 g/mol. The van der Waals surface area contributed by atoms with Crippen LogP contribution in [0, 0.1) is 0 Å². The van der Waals surface area contributed by atoms with E-state index >= 15 is 0 Å². The second kappa shape index (κ2) is 8.68. The number of nitrogens with one attached hydrogen (secondary N) is 1. The zero-order chi connectivity index (χ0) is 21.8. The number of esters is 1. The molecule has 2 heterocycles. The van der Waals surface area contributed by atoms with Gasteiger partial charge in [-0.25, -0.2) is 4.98 Å². The number of hydrogen-bond acceptors (Lipinski definition) is 7. The maximum Gasteiger partial charge on any atom is 0.387 e. The molecule has 0 spiro atoms. The van der Waals surface area contributed by atoms with Gasteiger partial charge in [0.05, 0.1) is 11.9 Å². The van der Waals surface area contributed by atoms with Crippen LogP contribution >= 0.6 is 0 Å². The minimum Gasteiger partial charge on any atom is -0.451 e. The van der Waals surface area contributed by atoms with Gasteiger partial charge in [0.2, 0.25) is 0 Å². The van der Waals surface area contributed by atoms with Crippen molar-refractivity contribution in [3.8, 4) is 5.75 Å². The van der Waals surface area contributed by atoms with E-state index in [1.165, 1.54) is 48.4 Å². The summed E-state index contributed by atoms with van der Waals surface area (Å²) >= 11 is 0. The molecule has 0 aliphatic carbocycles. The van der Waals surface area contributed by atoms with E-state index in [2.05, 4.69) is 20.1 Å². The standard InChI is InChI=1S/C18H17F2N5O5/c1-10(16(27)23-12-5-3-4-6-13(12)30-18(19)20)29-14(26)8-25-9-21-15-11(17(25)28)7-22-24(15)2/h3-7,9-10,18H,8H2,1-2H3,(H,23,27). The summed E-state index contributed by atoms with van der Waals surface area (Å²) in [5, 5.41) is 6.52. The molecule has 2 aromatic heterocycles. The predicted molar refractivity (Wildman–Crippen MR) is 100 cm³/mol. The fourth-order valence-electron chi connectivity index (χ4n) is 2.61. The molecule has 3 rings (SSSR count). The van der Waals surface area contributed by atoms with Crippen LogP contribution in [0.5, 0.6) is 5.75 Å². The molecule has 0 aliphatic heterocycles. The summed E-state index contributed by atoms with van der Waals surface area (Å²) in [7, 11) is 1.62.